The van der Waals surface area contributed by atoms with Gasteiger partial charge in [-0.25, -0.2) is 0 Å². The first kappa shape index (κ1) is 19.1. The molecule has 1 aromatic heterocycles. The Kier molecular flexibility index (Phi) is 6.15. The smallest absolute Gasteiger partial charge is 0.261 e. The maximum absolute atomic E-state index is 12.3. The lowest BCUT2D eigenvalue weighted by Gasteiger charge is -2.43. The maximum Gasteiger partial charge on any atom is 0.261 e. The molecular formula is C22H29NO2S. The topological polar surface area (TPSA) is 38.3 Å². The molecule has 3 rings (SSSR count). The predicted octanol–water partition coefficient (Wildman–Crippen LogP) is 4.95. The molecule has 0 aliphatic carbocycles. The van der Waals surface area contributed by atoms with Crippen molar-refractivity contribution in [2.75, 3.05) is 13.2 Å². The van der Waals surface area contributed by atoms with Gasteiger partial charge in [-0.05, 0) is 49.1 Å². The number of thiophene rings is 1. The molecule has 0 saturated carbocycles. The quantitative estimate of drug-likeness (QED) is 0.780. The summed E-state index contributed by atoms with van der Waals surface area (Å²) in [4.78, 5) is 13.1. The molecule has 0 spiro atoms. The summed E-state index contributed by atoms with van der Waals surface area (Å²) >= 11 is 1.49. The normalized spacial score (nSPS) is 23.2. The van der Waals surface area contributed by atoms with Crippen molar-refractivity contribution in [2.24, 2.45) is 5.92 Å². The lowest BCUT2D eigenvalue weighted by atomic mass is 9.68. The minimum atomic E-state index is 0.0338. The van der Waals surface area contributed by atoms with E-state index in [-0.39, 0.29) is 17.4 Å². The van der Waals surface area contributed by atoms with Crippen molar-refractivity contribution < 1.29 is 9.53 Å². The number of carbonyl (C=O) groups is 1. The first-order valence-electron chi connectivity index (χ1n) is 9.51. The van der Waals surface area contributed by atoms with Crippen LogP contribution in [0.15, 0.2) is 41.8 Å². The molecule has 26 heavy (non-hydrogen) atoms. The Morgan fingerprint density at radius 2 is 2.08 bits per heavy atom. The van der Waals surface area contributed by atoms with Crippen LogP contribution in [0, 0.1) is 12.8 Å². The summed E-state index contributed by atoms with van der Waals surface area (Å²) in [6.45, 7) is 8.06. The number of aryl methyl sites for hydroxylation is 1. The van der Waals surface area contributed by atoms with E-state index in [1.807, 2.05) is 17.5 Å². The third kappa shape index (κ3) is 4.36. The van der Waals surface area contributed by atoms with Crippen molar-refractivity contribution in [1.29, 1.82) is 0 Å². The highest BCUT2D eigenvalue weighted by molar-refractivity contribution is 7.12. The summed E-state index contributed by atoms with van der Waals surface area (Å²) in [6.07, 6.45) is 3.24. The summed E-state index contributed by atoms with van der Waals surface area (Å²) in [6, 6.07) is 12.7. The van der Waals surface area contributed by atoms with E-state index < -0.39 is 0 Å². The minimum absolute atomic E-state index is 0.0338. The maximum atomic E-state index is 12.3. The molecule has 1 saturated heterocycles. The van der Waals surface area contributed by atoms with E-state index in [4.69, 9.17) is 4.74 Å². The van der Waals surface area contributed by atoms with Crippen LogP contribution in [0.2, 0.25) is 0 Å². The summed E-state index contributed by atoms with van der Waals surface area (Å²) in [5, 5.41) is 5.05. The van der Waals surface area contributed by atoms with E-state index in [1.165, 1.54) is 22.5 Å². The molecule has 1 amide bonds. The zero-order valence-corrected chi connectivity index (χ0v) is 16.8. The molecule has 0 bridgehead atoms. The van der Waals surface area contributed by atoms with Crippen LogP contribution >= 0.6 is 11.3 Å². The molecule has 1 fully saturated rings. The molecule has 2 heterocycles. The molecule has 3 nitrogen and oxygen atoms in total. The molecule has 2 atom stereocenters. The molecule has 1 aromatic carbocycles. The van der Waals surface area contributed by atoms with Gasteiger partial charge in [-0.15, -0.1) is 11.3 Å². The van der Waals surface area contributed by atoms with Gasteiger partial charge in [0.15, 0.2) is 0 Å². The average Bonchev–Trinajstić information content (AvgIpc) is 3.17. The summed E-state index contributed by atoms with van der Waals surface area (Å²) in [5.41, 5.74) is 2.73. The second kappa shape index (κ2) is 8.36. The Morgan fingerprint density at radius 1 is 1.31 bits per heavy atom. The van der Waals surface area contributed by atoms with Crippen molar-refractivity contribution in [3.8, 4) is 0 Å². The minimum Gasteiger partial charge on any atom is -0.378 e. The average molecular weight is 372 g/mol. The molecule has 140 valence electrons. The van der Waals surface area contributed by atoms with Crippen LogP contribution < -0.4 is 5.32 Å². The Labute approximate surface area is 160 Å². The number of hydrogen-bond donors (Lipinski definition) is 1. The first-order chi connectivity index (χ1) is 12.5. The highest BCUT2D eigenvalue weighted by Gasteiger charge is 2.39. The van der Waals surface area contributed by atoms with Crippen molar-refractivity contribution in [2.45, 2.75) is 51.6 Å². The van der Waals surface area contributed by atoms with Crippen LogP contribution in [0.1, 0.15) is 53.9 Å². The highest BCUT2D eigenvalue weighted by atomic mass is 32.1. The molecule has 4 heteroatoms. The largest absolute Gasteiger partial charge is 0.378 e. The fourth-order valence-electron chi connectivity index (χ4n) is 3.83. The zero-order chi connectivity index (χ0) is 18.6. The SMILES string of the molecule is Cc1ccc([C@]2(CCNC(=O)c3cccs3)CCO[C@H](C(C)C)C2)cc1. The van der Waals surface area contributed by atoms with Gasteiger partial charge < -0.3 is 10.1 Å². The van der Waals surface area contributed by atoms with E-state index >= 15 is 0 Å². The van der Waals surface area contributed by atoms with Crippen LogP contribution in [0.3, 0.4) is 0 Å². The van der Waals surface area contributed by atoms with Crippen molar-refractivity contribution in [3.05, 3.63) is 57.8 Å². The van der Waals surface area contributed by atoms with Gasteiger partial charge in [0, 0.05) is 18.6 Å². The zero-order valence-electron chi connectivity index (χ0n) is 16.0. The second-order valence-electron chi connectivity index (χ2n) is 7.74. The van der Waals surface area contributed by atoms with E-state index in [2.05, 4.69) is 50.4 Å². The number of carbonyl (C=O) groups excluding carboxylic acids is 1. The molecule has 0 unspecified atom stereocenters. The fourth-order valence-corrected chi connectivity index (χ4v) is 4.47. The number of ether oxygens (including phenoxy) is 1. The third-order valence-electron chi connectivity index (χ3n) is 5.55. The summed E-state index contributed by atoms with van der Waals surface area (Å²) in [7, 11) is 0. The van der Waals surface area contributed by atoms with Crippen molar-refractivity contribution >= 4 is 17.2 Å². The van der Waals surface area contributed by atoms with Gasteiger partial charge in [0.1, 0.15) is 0 Å². The van der Waals surface area contributed by atoms with Gasteiger partial charge in [0.2, 0.25) is 0 Å². The molecular weight excluding hydrogens is 342 g/mol. The van der Waals surface area contributed by atoms with Gasteiger partial charge in [-0.1, -0.05) is 49.7 Å². The number of rotatable bonds is 6. The van der Waals surface area contributed by atoms with Gasteiger partial charge in [-0.2, -0.15) is 0 Å². The Hall–Kier alpha value is -1.65. The van der Waals surface area contributed by atoms with E-state index in [9.17, 15) is 4.79 Å². The number of hydrogen-bond acceptors (Lipinski definition) is 3. The second-order valence-corrected chi connectivity index (χ2v) is 8.68. The van der Waals surface area contributed by atoms with Gasteiger partial charge in [-0.3, -0.25) is 4.79 Å². The van der Waals surface area contributed by atoms with Crippen LogP contribution in [0.4, 0.5) is 0 Å². The molecule has 2 aromatic rings. The standard InChI is InChI=1S/C22H29NO2S/c1-16(2)19-15-22(11-13-25-19,18-8-6-17(3)7-9-18)10-12-23-21(24)20-5-4-14-26-20/h4-9,14,16,19H,10-13,15H2,1-3H3,(H,23,24)/t19-,22+/m0/s1. The lowest BCUT2D eigenvalue weighted by molar-refractivity contribution is -0.0468. The van der Waals surface area contributed by atoms with Crippen molar-refractivity contribution in [3.63, 3.8) is 0 Å². The Bertz CT molecular complexity index is 708. The Morgan fingerprint density at radius 3 is 2.73 bits per heavy atom. The van der Waals surface area contributed by atoms with Crippen LogP contribution in [-0.4, -0.2) is 25.2 Å². The van der Waals surface area contributed by atoms with E-state index in [1.54, 1.807) is 0 Å². The van der Waals surface area contributed by atoms with E-state index in [0.29, 0.717) is 12.5 Å². The number of benzene rings is 1. The molecule has 1 aliphatic rings. The van der Waals surface area contributed by atoms with Gasteiger partial charge in [0.05, 0.1) is 11.0 Å². The highest BCUT2D eigenvalue weighted by Crippen LogP contribution is 2.41. The van der Waals surface area contributed by atoms with Gasteiger partial charge in [0.25, 0.3) is 5.91 Å². The van der Waals surface area contributed by atoms with Gasteiger partial charge >= 0.3 is 0 Å². The first-order valence-corrected chi connectivity index (χ1v) is 10.4. The summed E-state index contributed by atoms with van der Waals surface area (Å²) < 4.78 is 6.04. The lowest BCUT2D eigenvalue weighted by Crippen LogP contribution is -2.43. The molecule has 1 aliphatic heterocycles. The number of amides is 1. The van der Waals surface area contributed by atoms with Crippen LogP contribution in [0.5, 0.6) is 0 Å². The van der Waals surface area contributed by atoms with Crippen LogP contribution in [0.25, 0.3) is 0 Å². The third-order valence-corrected chi connectivity index (χ3v) is 6.41. The molecule has 0 radical (unpaired) electrons. The van der Waals surface area contributed by atoms with Crippen LogP contribution in [-0.2, 0) is 10.2 Å². The van der Waals surface area contributed by atoms with E-state index in [0.717, 1.165) is 30.7 Å². The monoisotopic (exact) mass is 371 g/mol. The summed E-state index contributed by atoms with van der Waals surface area (Å²) in [5.74, 6) is 0.535. The number of nitrogens with one attached hydrogen (secondary N) is 1. The Balaban J connectivity index is 1.74. The molecule has 1 N–H and O–H groups in total. The predicted molar refractivity (Wildman–Crippen MR) is 108 cm³/mol. The fraction of sp³-hybridized carbons (Fsp3) is 0.500. The van der Waals surface area contributed by atoms with Crippen molar-refractivity contribution in [1.82, 2.24) is 5.32 Å².